The Morgan fingerprint density at radius 3 is 2.76 bits per heavy atom. The van der Waals surface area contributed by atoms with E-state index in [0.29, 0.717) is 6.54 Å². The molecule has 10 heteroatoms. The van der Waals surface area contributed by atoms with Gasteiger partial charge in [0.1, 0.15) is 24.4 Å². The Kier molecular flexibility index (Phi) is 5.77. The van der Waals surface area contributed by atoms with E-state index in [1.165, 1.54) is 29.5 Å². The van der Waals surface area contributed by atoms with Crippen LogP contribution in [0.3, 0.4) is 0 Å². The number of nitro benzene ring substituents is 1. The highest BCUT2D eigenvalue weighted by molar-refractivity contribution is 5.98. The van der Waals surface area contributed by atoms with Crippen molar-refractivity contribution in [2.24, 2.45) is 0 Å². The zero-order valence-electron chi connectivity index (χ0n) is 13.8. The predicted octanol–water partition coefficient (Wildman–Crippen LogP) is 0.820. The minimum Gasteiger partial charge on any atom is -0.354 e. The van der Waals surface area contributed by atoms with Gasteiger partial charge in [0, 0.05) is 18.2 Å². The van der Waals surface area contributed by atoms with Gasteiger partial charge in [0.25, 0.3) is 11.6 Å². The molecule has 1 unspecified atom stereocenters. The van der Waals surface area contributed by atoms with Crippen molar-refractivity contribution in [2.75, 3.05) is 6.54 Å². The van der Waals surface area contributed by atoms with Crippen LogP contribution in [0.5, 0.6) is 0 Å². The number of rotatable bonds is 7. The van der Waals surface area contributed by atoms with E-state index < -0.39 is 16.9 Å². The lowest BCUT2D eigenvalue weighted by atomic mass is 10.1. The maximum absolute atomic E-state index is 12.3. The minimum atomic E-state index is -0.756. The van der Waals surface area contributed by atoms with Crippen LogP contribution in [0.15, 0.2) is 30.9 Å². The summed E-state index contributed by atoms with van der Waals surface area (Å²) in [6.07, 6.45) is 3.35. The van der Waals surface area contributed by atoms with Crippen molar-refractivity contribution in [3.8, 4) is 5.69 Å². The Morgan fingerprint density at radius 1 is 1.40 bits per heavy atom. The molecule has 0 radical (unpaired) electrons. The first-order valence-electron chi connectivity index (χ1n) is 7.66. The number of carbonyl (C=O) groups is 2. The number of hydrogen-bond donors (Lipinski definition) is 2. The molecule has 0 fully saturated rings. The number of nitrogens with zero attached hydrogens (tertiary/aromatic N) is 4. The van der Waals surface area contributed by atoms with Gasteiger partial charge in [-0.25, -0.2) is 9.67 Å². The van der Waals surface area contributed by atoms with E-state index in [0.717, 1.165) is 12.5 Å². The monoisotopic (exact) mass is 346 g/mol. The van der Waals surface area contributed by atoms with E-state index in [1.807, 2.05) is 6.92 Å². The molecule has 0 bridgehead atoms. The average Bonchev–Trinajstić information content (AvgIpc) is 3.13. The van der Waals surface area contributed by atoms with Crippen LogP contribution in [0.2, 0.25) is 0 Å². The molecule has 1 aromatic carbocycles. The molecule has 1 aromatic heterocycles. The molecule has 0 saturated heterocycles. The van der Waals surface area contributed by atoms with Crippen LogP contribution in [-0.2, 0) is 4.79 Å². The van der Waals surface area contributed by atoms with E-state index in [9.17, 15) is 19.7 Å². The molecule has 10 nitrogen and oxygen atoms in total. The summed E-state index contributed by atoms with van der Waals surface area (Å²) in [5.41, 5.74) is -0.0280. The zero-order valence-corrected chi connectivity index (χ0v) is 13.8. The van der Waals surface area contributed by atoms with Crippen molar-refractivity contribution in [1.29, 1.82) is 0 Å². The Labute approximate surface area is 143 Å². The smallest absolute Gasteiger partial charge is 0.295 e. The molecule has 0 saturated carbocycles. The number of aromatic nitrogens is 3. The minimum absolute atomic E-state index is 0.0747. The van der Waals surface area contributed by atoms with Crippen molar-refractivity contribution in [3.05, 3.63) is 46.5 Å². The third kappa shape index (κ3) is 4.37. The Bertz CT molecular complexity index is 774. The predicted molar refractivity (Wildman–Crippen MR) is 88.2 cm³/mol. The molecular formula is C15H18N6O4. The molecule has 2 aromatic rings. The molecule has 0 aliphatic heterocycles. The van der Waals surface area contributed by atoms with E-state index in [-0.39, 0.29) is 22.8 Å². The highest BCUT2D eigenvalue weighted by atomic mass is 16.6. The molecule has 1 heterocycles. The summed E-state index contributed by atoms with van der Waals surface area (Å²) in [5, 5.41) is 20.3. The first kappa shape index (κ1) is 18.0. The number of hydrogen-bond acceptors (Lipinski definition) is 6. The molecule has 2 amide bonds. The lowest BCUT2D eigenvalue weighted by molar-refractivity contribution is -0.384. The van der Waals surface area contributed by atoms with Crippen molar-refractivity contribution < 1.29 is 14.5 Å². The quantitative estimate of drug-likeness (QED) is 0.563. The number of nitro groups is 1. The molecular weight excluding hydrogens is 328 g/mol. The number of carbonyl (C=O) groups excluding carboxylic acids is 2. The number of nitrogens with one attached hydrogen (secondary N) is 2. The highest BCUT2D eigenvalue weighted by Gasteiger charge is 2.21. The SMILES string of the molecule is CCCNC(=O)C(C)NC(=O)c1ccc(-n2cncn2)c([N+](=O)[O-])c1. The van der Waals surface area contributed by atoms with Crippen LogP contribution in [0.4, 0.5) is 5.69 Å². The number of amides is 2. The maximum Gasteiger partial charge on any atom is 0.295 e. The van der Waals surface area contributed by atoms with Gasteiger partial charge in [0.2, 0.25) is 5.91 Å². The lowest BCUT2D eigenvalue weighted by Crippen LogP contribution is -2.45. The molecule has 2 N–H and O–H groups in total. The Balaban J connectivity index is 2.19. The Morgan fingerprint density at radius 2 is 2.16 bits per heavy atom. The second-order valence-corrected chi connectivity index (χ2v) is 5.29. The van der Waals surface area contributed by atoms with Crippen LogP contribution >= 0.6 is 0 Å². The second kappa shape index (κ2) is 7.99. The molecule has 0 spiro atoms. The zero-order chi connectivity index (χ0) is 18.4. The van der Waals surface area contributed by atoms with Gasteiger partial charge in [-0.05, 0) is 25.5 Å². The van der Waals surface area contributed by atoms with Gasteiger partial charge in [0.15, 0.2) is 0 Å². The van der Waals surface area contributed by atoms with Crippen LogP contribution in [-0.4, -0.2) is 44.1 Å². The molecule has 0 aliphatic rings. The van der Waals surface area contributed by atoms with Gasteiger partial charge in [-0.2, -0.15) is 5.10 Å². The van der Waals surface area contributed by atoms with Crippen molar-refractivity contribution in [2.45, 2.75) is 26.3 Å². The summed E-state index contributed by atoms with van der Waals surface area (Å²) in [6.45, 7) is 3.97. The maximum atomic E-state index is 12.3. The summed E-state index contributed by atoms with van der Waals surface area (Å²) in [7, 11) is 0. The standard InChI is InChI=1S/C15H18N6O4/c1-3-6-17-14(22)10(2)19-15(23)11-4-5-12(13(7-11)21(24)25)20-9-16-8-18-20/h4-5,7-10H,3,6H2,1-2H3,(H,17,22)(H,19,23). The van der Waals surface area contributed by atoms with Crippen LogP contribution < -0.4 is 10.6 Å². The Hall–Kier alpha value is -3.30. The van der Waals surface area contributed by atoms with Gasteiger partial charge in [-0.15, -0.1) is 0 Å². The van der Waals surface area contributed by atoms with E-state index in [2.05, 4.69) is 20.7 Å². The largest absolute Gasteiger partial charge is 0.354 e. The highest BCUT2D eigenvalue weighted by Crippen LogP contribution is 2.23. The van der Waals surface area contributed by atoms with E-state index in [1.54, 1.807) is 6.92 Å². The van der Waals surface area contributed by atoms with E-state index in [4.69, 9.17) is 0 Å². The summed E-state index contributed by atoms with van der Waals surface area (Å²) in [6, 6.07) is 3.22. The summed E-state index contributed by atoms with van der Waals surface area (Å²) in [5.74, 6) is -0.892. The van der Waals surface area contributed by atoms with E-state index >= 15 is 0 Å². The van der Waals surface area contributed by atoms with Crippen LogP contribution in [0.25, 0.3) is 5.69 Å². The topological polar surface area (TPSA) is 132 Å². The van der Waals surface area contributed by atoms with Crippen molar-refractivity contribution in [1.82, 2.24) is 25.4 Å². The lowest BCUT2D eigenvalue weighted by Gasteiger charge is -2.14. The fraction of sp³-hybridized carbons (Fsp3) is 0.333. The first-order chi connectivity index (χ1) is 11.9. The van der Waals surface area contributed by atoms with Crippen molar-refractivity contribution in [3.63, 3.8) is 0 Å². The summed E-state index contributed by atoms with van der Waals surface area (Å²) in [4.78, 5) is 38.5. The third-order valence-electron chi connectivity index (χ3n) is 3.39. The van der Waals surface area contributed by atoms with Gasteiger partial charge < -0.3 is 10.6 Å². The van der Waals surface area contributed by atoms with Crippen molar-refractivity contribution >= 4 is 17.5 Å². The van der Waals surface area contributed by atoms with Crippen LogP contribution in [0, 0.1) is 10.1 Å². The average molecular weight is 346 g/mol. The summed E-state index contributed by atoms with van der Waals surface area (Å²) < 4.78 is 1.24. The third-order valence-corrected chi connectivity index (χ3v) is 3.39. The van der Waals surface area contributed by atoms with Gasteiger partial charge in [-0.1, -0.05) is 6.92 Å². The molecule has 132 valence electrons. The van der Waals surface area contributed by atoms with Gasteiger partial charge >= 0.3 is 0 Å². The normalized spacial score (nSPS) is 11.6. The first-order valence-corrected chi connectivity index (χ1v) is 7.66. The van der Waals surface area contributed by atoms with Crippen LogP contribution in [0.1, 0.15) is 30.6 Å². The molecule has 2 rings (SSSR count). The molecule has 1 atom stereocenters. The molecule has 0 aliphatic carbocycles. The fourth-order valence-electron chi connectivity index (χ4n) is 2.08. The number of benzene rings is 1. The molecule has 25 heavy (non-hydrogen) atoms. The van der Waals surface area contributed by atoms with Gasteiger partial charge in [-0.3, -0.25) is 19.7 Å². The fourth-order valence-corrected chi connectivity index (χ4v) is 2.08. The van der Waals surface area contributed by atoms with Gasteiger partial charge in [0.05, 0.1) is 4.92 Å². The summed E-state index contributed by atoms with van der Waals surface area (Å²) >= 11 is 0. The second-order valence-electron chi connectivity index (χ2n) is 5.29.